The predicted molar refractivity (Wildman–Crippen MR) is 70.7 cm³/mol. The molecule has 1 aliphatic carbocycles. The molecule has 0 amide bonds. The van der Waals surface area contributed by atoms with Crippen molar-refractivity contribution in [3.8, 4) is 0 Å². The first-order valence-corrected chi connectivity index (χ1v) is 6.30. The van der Waals surface area contributed by atoms with Crippen LogP contribution >= 0.6 is 0 Å². The highest BCUT2D eigenvalue weighted by Crippen LogP contribution is 2.59. The van der Waals surface area contributed by atoms with Crippen molar-refractivity contribution in [2.45, 2.75) is 13.3 Å². The fourth-order valence-electron chi connectivity index (χ4n) is 2.75. The van der Waals surface area contributed by atoms with Crippen LogP contribution in [0.1, 0.15) is 18.9 Å². The molecule has 0 N–H and O–H groups in total. The average molecular weight is 240 g/mol. The van der Waals surface area contributed by atoms with Crippen LogP contribution in [0.4, 0.5) is 0 Å². The lowest BCUT2D eigenvalue weighted by molar-refractivity contribution is -0.148. The molecule has 1 unspecified atom stereocenters. The van der Waals surface area contributed by atoms with Crippen molar-refractivity contribution in [2.24, 2.45) is 11.3 Å². The zero-order valence-electron chi connectivity index (χ0n) is 10.4. The molecule has 1 aliphatic heterocycles. The SMILES string of the molecule is CC(=Cc1ccccc1)C1C[C@]12C=CCOC2=O. The van der Waals surface area contributed by atoms with E-state index in [0.29, 0.717) is 12.5 Å². The Hall–Kier alpha value is -1.83. The summed E-state index contributed by atoms with van der Waals surface area (Å²) in [6.07, 6.45) is 7.04. The van der Waals surface area contributed by atoms with Gasteiger partial charge in [-0.15, -0.1) is 0 Å². The first kappa shape index (κ1) is 11.3. The van der Waals surface area contributed by atoms with Crippen molar-refractivity contribution in [3.05, 3.63) is 53.6 Å². The van der Waals surface area contributed by atoms with Crippen molar-refractivity contribution in [1.82, 2.24) is 0 Å². The predicted octanol–water partition coefficient (Wildman–Crippen LogP) is 3.21. The van der Waals surface area contributed by atoms with Crippen molar-refractivity contribution in [3.63, 3.8) is 0 Å². The number of allylic oxidation sites excluding steroid dienone is 1. The molecule has 0 saturated heterocycles. The van der Waals surface area contributed by atoms with Crippen LogP contribution in [-0.2, 0) is 9.53 Å². The molecule has 92 valence electrons. The molecular formula is C16H16O2. The summed E-state index contributed by atoms with van der Waals surface area (Å²) in [5.74, 6) is 0.248. The van der Waals surface area contributed by atoms with E-state index in [4.69, 9.17) is 4.74 Å². The summed E-state index contributed by atoms with van der Waals surface area (Å²) in [6.45, 7) is 2.52. The minimum Gasteiger partial charge on any atom is -0.461 e. The molecule has 18 heavy (non-hydrogen) atoms. The van der Waals surface area contributed by atoms with Gasteiger partial charge in [0.1, 0.15) is 6.61 Å². The van der Waals surface area contributed by atoms with Gasteiger partial charge in [-0.1, -0.05) is 54.1 Å². The Balaban J connectivity index is 1.82. The minimum absolute atomic E-state index is 0.0594. The van der Waals surface area contributed by atoms with E-state index in [1.54, 1.807) is 0 Å². The molecule has 0 aromatic heterocycles. The number of ether oxygens (including phenoxy) is 1. The fraction of sp³-hybridized carbons (Fsp3) is 0.312. The molecule has 2 atom stereocenters. The molecule has 3 rings (SSSR count). The monoisotopic (exact) mass is 240 g/mol. The van der Waals surface area contributed by atoms with Gasteiger partial charge >= 0.3 is 5.97 Å². The van der Waals surface area contributed by atoms with Crippen LogP contribution in [-0.4, -0.2) is 12.6 Å². The van der Waals surface area contributed by atoms with Crippen molar-refractivity contribution in [2.75, 3.05) is 6.61 Å². The number of cyclic esters (lactones) is 1. The van der Waals surface area contributed by atoms with Gasteiger partial charge < -0.3 is 4.74 Å². The first-order valence-electron chi connectivity index (χ1n) is 6.30. The van der Waals surface area contributed by atoms with Crippen molar-refractivity contribution in [1.29, 1.82) is 0 Å². The molecule has 0 radical (unpaired) electrons. The molecular weight excluding hydrogens is 224 g/mol. The quantitative estimate of drug-likeness (QED) is 0.586. The maximum Gasteiger partial charge on any atom is 0.316 e. The molecule has 1 fully saturated rings. The molecule has 2 heteroatoms. The van der Waals surface area contributed by atoms with E-state index >= 15 is 0 Å². The second-order valence-corrected chi connectivity index (χ2v) is 5.10. The molecule has 1 spiro atoms. The van der Waals surface area contributed by atoms with Gasteiger partial charge in [0.05, 0.1) is 5.41 Å². The van der Waals surface area contributed by atoms with Crippen LogP contribution in [0.2, 0.25) is 0 Å². The van der Waals surface area contributed by atoms with Gasteiger partial charge in [0, 0.05) is 5.92 Å². The van der Waals surface area contributed by atoms with Crippen LogP contribution < -0.4 is 0 Å². The summed E-state index contributed by atoms with van der Waals surface area (Å²) in [5.41, 5.74) is 2.09. The zero-order valence-corrected chi connectivity index (χ0v) is 10.4. The molecule has 0 bridgehead atoms. The van der Waals surface area contributed by atoms with E-state index in [1.165, 1.54) is 11.1 Å². The zero-order chi connectivity index (χ0) is 12.6. The van der Waals surface area contributed by atoms with Crippen LogP contribution in [0, 0.1) is 11.3 Å². The Labute approximate surface area is 107 Å². The number of hydrogen-bond acceptors (Lipinski definition) is 2. The normalized spacial score (nSPS) is 30.4. The highest BCUT2D eigenvalue weighted by atomic mass is 16.5. The number of hydrogen-bond donors (Lipinski definition) is 0. The van der Waals surface area contributed by atoms with Crippen molar-refractivity contribution < 1.29 is 9.53 Å². The van der Waals surface area contributed by atoms with Gasteiger partial charge in [-0.3, -0.25) is 4.79 Å². The van der Waals surface area contributed by atoms with Crippen LogP contribution in [0.25, 0.3) is 6.08 Å². The van der Waals surface area contributed by atoms with E-state index in [1.807, 2.05) is 30.4 Å². The van der Waals surface area contributed by atoms with Gasteiger partial charge in [0.15, 0.2) is 0 Å². The van der Waals surface area contributed by atoms with Crippen molar-refractivity contribution >= 4 is 12.0 Å². The Morgan fingerprint density at radius 1 is 1.39 bits per heavy atom. The standard InChI is InChI=1S/C16H16O2/c1-12(10-13-6-3-2-4-7-13)14-11-16(14)8-5-9-18-15(16)17/h2-8,10,14H,9,11H2,1H3/t14?,16-/m1/s1. The summed E-state index contributed by atoms with van der Waals surface area (Å²) in [6, 6.07) is 10.2. The Morgan fingerprint density at radius 2 is 2.17 bits per heavy atom. The third kappa shape index (κ3) is 1.78. The summed E-state index contributed by atoms with van der Waals surface area (Å²) < 4.78 is 5.13. The third-order valence-corrected chi connectivity index (χ3v) is 3.85. The highest BCUT2D eigenvalue weighted by Gasteiger charge is 2.60. The number of carbonyl (C=O) groups excluding carboxylic acids is 1. The Bertz CT molecular complexity index is 527. The molecule has 2 aliphatic rings. The number of esters is 1. The summed E-state index contributed by atoms with van der Waals surface area (Å²) in [5, 5.41) is 0. The van der Waals surface area contributed by atoms with Gasteiger partial charge in [0.25, 0.3) is 0 Å². The van der Waals surface area contributed by atoms with Gasteiger partial charge in [0.2, 0.25) is 0 Å². The molecule has 1 aromatic carbocycles. The van der Waals surface area contributed by atoms with Gasteiger partial charge in [-0.2, -0.15) is 0 Å². The number of rotatable bonds is 2. The maximum atomic E-state index is 11.8. The molecule has 1 heterocycles. The summed E-state index contributed by atoms with van der Waals surface area (Å²) in [7, 11) is 0. The Kier molecular flexibility index (Phi) is 2.58. The van der Waals surface area contributed by atoms with E-state index < -0.39 is 0 Å². The fourth-order valence-corrected chi connectivity index (χ4v) is 2.75. The van der Waals surface area contributed by atoms with E-state index in [2.05, 4.69) is 25.1 Å². The summed E-state index contributed by atoms with van der Waals surface area (Å²) in [4.78, 5) is 11.8. The van der Waals surface area contributed by atoms with Crippen LogP contribution in [0.5, 0.6) is 0 Å². The second kappa shape index (κ2) is 4.13. The highest BCUT2D eigenvalue weighted by molar-refractivity contribution is 5.85. The van der Waals surface area contributed by atoms with Gasteiger partial charge in [-0.05, 0) is 18.9 Å². The lowest BCUT2D eigenvalue weighted by atomic mass is 9.97. The van der Waals surface area contributed by atoms with E-state index in [-0.39, 0.29) is 11.4 Å². The van der Waals surface area contributed by atoms with Crippen LogP contribution in [0.15, 0.2) is 48.1 Å². The molecule has 2 nitrogen and oxygen atoms in total. The van der Waals surface area contributed by atoms with E-state index in [9.17, 15) is 4.79 Å². The largest absolute Gasteiger partial charge is 0.461 e. The number of carbonyl (C=O) groups is 1. The summed E-state index contributed by atoms with van der Waals surface area (Å²) >= 11 is 0. The van der Waals surface area contributed by atoms with Crippen LogP contribution in [0.3, 0.4) is 0 Å². The maximum absolute atomic E-state index is 11.8. The molecule has 1 saturated carbocycles. The third-order valence-electron chi connectivity index (χ3n) is 3.85. The van der Waals surface area contributed by atoms with E-state index in [0.717, 1.165) is 6.42 Å². The lowest BCUT2D eigenvalue weighted by Crippen LogP contribution is -2.23. The number of benzene rings is 1. The minimum atomic E-state index is -0.354. The topological polar surface area (TPSA) is 26.3 Å². The first-order chi connectivity index (χ1) is 8.72. The smallest absolute Gasteiger partial charge is 0.316 e. The Morgan fingerprint density at radius 3 is 2.89 bits per heavy atom. The average Bonchev–Trinajstić information content (AvgIpc) is 3.10. The second-order valence-electron chi connectivity index (χ2n) is 5.10. The van der Waals surface area contributed by atoms with Gasteiger partial charge in [-0.25, -0.2) is 0 Å². The lowest BCUT2D eigenvalue weighted by Gasteiger charge is -2.16. The molecule has 1 aromatic rings.